The van der Waals surface area contributed by atoms with Gasteiger partial charge >= 0.3 is 5.97 Å². The minimum absolute atomic E-state index is 0.0174. The molecule has 220 valence electrons. The fourth-order valence-corrected chi connectivity index (χ4v) is 5.43. The lowest BCUT2D eigenvalue weighted by Gasteiger charge is -2.27. The summed E-state index contributed by atoms with van der Waals surface area (Å²) in [4.78, 5) is 25.6. The molecule has 4 heterocycles. The highest BCUT2D eigenvalue weighted by Crippen LogP contribution is 2.29. The number of halogens is 3. The quantitative estimate of drug-likeness (QED) is 0.167. The largest absolute Gasteiger partial charge is 0.471 e. The summed E-state index contributed by atoms with van der Waals surface area (Å²) in [7, 11) is 1.32. The van der Waals surface area contributed by atoms with E-state index in [0.717, 1.165) is 28.2 Å². The van der Waals surface area contributed by atoms with Gasteiger partial charge in [0.05, 0.1) is 47.7 Å². The van der Waals surface area contributed by atoms with Crippen LogP contribution in [0.1, 0.15) is 39.4 Å². The third kappa shape index (κ3) is 6.14. The normalized spacial score (nSPS) is 14.5. The summed E-state index contributed by atoms with van der Waals surface area (Å²) in [5, 5.41) is 0. The van der Waals surface area contributed by atoms with Crippen molar-refractivity contribution in [3.63, 3.8) is 0 Å². The monoisotopic (exact) mass is 648 g/mol. The van der Waals surface area contributed by atoms with Gasteiger partial charge in [-0.25, -0.2) is 23.5 Å². The number of nitrogens with zero attached hydrogens (tertiary/aromatic N) is 4. The van der Waals surface area contributed by atoms with Crippen LogP contribution in [0.3, 0.4) is 0 Å². The molecule has 0 spiro atoms. The average molecular weight is 649 g/mol. The van der Waals surface area contributed by atoms with E-state index in [-0.39, 0.29) is 41.8 Å². The van der Waals surface area contributed by atoms with E-state index in [0.29, 0.717) is 35.6 Å². The van der Waals surface area contributed by atoms with E-state index in [4.69, 9.17) is 19.2 Å². The number of aromatic nitrogens is 4. The molecule has 6 rings (SSSR count). The Morgan fingerprint density at radius 1 is 1.12 bits per heavy atom. The molecular formula is C32H27BrF2N4O4. The third-order valence-corrected chi connectivity index (χ3v) is 7.86. The lowest BCUT2D eigenvalue weighted by atomic mass is 10.0. The van der Waals surface area contributed by atoms with Gasteiger partial charge < -0.3 is 18.8 Å². The van der Waals surface area contributed by atoms with Crippen LogP contribution in [0.2, 0.25) is 0 Å². The maximum Gasteiger partial charge on any atom is 0.337 e. The molecule has 1 saturated heterocycles. The summed E-state index contributed by atoms with van der Waals surface area (Å²) in [6.45, 7) is 3.25. The summed E-state index contributed by atoms with van der Waals surface area (Å²) < 4.78 is 50.1. The highest BCUT2D eigenvalue weighted by atomic mass is 79.9. The Labute approximate surface area is 254 Å². The minimum atomic E-state index is -0.621. The number of hydrogen-bond donors (Lipinski definition) is 0. The molecule has 43 heavy (non-hydrogen) atoms. The van der Waals surface area contributed by atoms with E-state index in [1.54, 1.807) is 42.6 Å². The van der Waals surface area contributed by atoms with Crippen LogP contribution < -0.4 is 4.74 Å². The average Bonchev–Trinajstić information content (AvgIpc) is 3.31. The first-order chi connectivity index (χ1) is 20.8. The molecule has 1 aliphatic heterocycles. The maximum absolute atomic E-state index is 15.5. The first-order valence-electron chi connectivity index (χ1n) is 13.7. The summed E-state index contributed by atoms with van der Waals surface area (Å²) in [6.07, 6.45) is 2.58. The SMILES string of the molecule is COC(=O)c1ccc2nc(Cc3cc(F)c(-c4cccc(OCc5ncc(Br)cc5C)n4)cc3F)n(C[C@@H]3CCO3)c2c1. The molecule has 0 radical (unpaired) electrons. The molecule has 0 aliphatic carbocycles. The molecule has 1 aliphatic rings. The Bertz CT molecular complexity index is 1840. The van der Waals surface area contributed by atoms with Crippen LogP contribution >= 0.6 is 15.9 Å². The number of benzene rings is 2. The number of carbonyl (C=O) groups excluding carboxylic acids is 1. The summed E-state index contributed by atoms with van der Waals surface area (Å²) in [5.41, 5.74) is 3.80. The molecule has 0 bridgehead atoms. The Hall–Kier alpha value is -4.22. The highest BCUT2D eigenvalue weighted by Gasteiger charge is 2.24. The highest BCUT2D eigenvalue weighted by molar-refractivity contribution is 9.10. The zero-order valence-electron chi connectivity index (χ0n) is 23.4. The van der Waals surface area contributed by atoms with Gasteiger partial charge in [0.1, 0.15) is 24.1 Å². The fraction of sp³-hybridized carbons (Fsp3) is 0.250. The van der Waals surface area contributed by atoms with E-state index in [1.165, 1.54) is 13.2 Å². The predicted octanol–water partition coefficient (Wildman–Crippen LogP) is 6.59. The number of imidazole rings is 1. The Balaban J connectivity index is 1.27. The van der Waals surface area contributed by atoms with Crippen molar-refractivity contribution < 1.29 is 27.8 Å². The number of rotatable bonds is 9. The topological polar surface area (TPSA) is 88.4 Å². The molecule has 8 nitrogen and oxygen atoms in total. The molecule has 1 atom stereocenters. The van der Waals surface area contributed by atoms with Gasteiger partial charge in [0.15, 0.2) is 0 Å². The first kappa shape index (κ1) is 28.9. The summed E-state index contributed by atoms with van der Waals surface area (Å²) in [6, 6.07) is 14.2. The Kier molecular flexibility index (Phi) is 8.18. The zero-order chi connectivity index (χ0) is 30.1. The number of carbonyl (C=O) groups is 1. The molecule has 11 heteroatoms. The second-order valence-corrected chi connectivity index (χ2v) is 11.2. The van der Waals surface area contributed by atoms with Crippen molar-refractivity contribution in [2.24, 2.45) is 0 Å². The summed E-state index contributed by atoms with van der Waals surface area (Å²) in [5.74, 6) is -0.881. The van der Waals surface area contributed by atoms with Gasteiger partial charge in [0, 0.05) is 35.3 Å². The number of pyridine rings is 2. The van der Waals surface area contributed by atoms with Gasteiger partial charge in [0.25, 0.3) is 0 Å². The second kappa shape index (κ2) is 12.2. The van der Waals surface area contributed by atoms with Gasteiger partial charge in [-0.3, -0.25) is 4.98 Å². The van der Waals surface area contributed by atoms with E-state index in [9.17, 15) is 4.79 Å². The van der Waals surface area contributed by atoms with Crippen molar-refractivity contribution in [1.29, 1.82) is 0 Å². The number of esters is 1. The smallest absolute Gasteiger partial charge is 0.337 e. The first-order valence-corrected chi connectivity index (χ1v) is 14.5. The standard InChI is InChI=1S/C32H27BrF2N4O4/c1-18-10-21(33)15-36-28(18)17-43-31-5-3-4-26(38-31)23-14-24(34)20(11-25(23)35)13-30-37-27-7-6-19(32(40)41-2)12-29(27)39(30)16-22-8-9-42-22/h3-7,10-12,14-15,22H,8-9,13,16-17H2,1-2H3/t22-/m0/s1. The van der Waals surface area contributed by atoms with Gasteiger partial charge in [-0.2, -0.15) is 0 Å². The Morgan fingerprint density at radius 2 is 1.95 bits per heavy atom. The van der Waals surface area contributed by atoms with Crippen molar-refractivity contribution in [2.75, 3.05) is 13.7 Å². The van der Waals surface area contributed by atoms with E-state index in [2.05, 4.69) is 25.9 Å². The lowest BCUT2D eigenvalue weighted by molar-refractivity contribution is -0.0589. The van der Waals surface area contributed by atoms with Crippen molar-refractivity contribution in [2.45, 2.75) is 39.0 Å². The molecular weight excluding hydrogens is 622 g/mol. The van der Waals surface area contributed by atoms with E-state index >= 15 is 8.78 Å². The molecule has 0 N–H and O–H groups in total. The van der Waals surface area contributed by atoms with E-state index < -0.39 is 17.6 Å². The van der Waals surface area contributed by atoms with Crippen molar-refractivity contribution in [3.8, 4) is 17.1 Å². The summed E-state index contributed by atoms with van der Waals surface area (Å²) >= 11 is 3.39. The molecule has 0 saturated carbocycles. The zero-order valence-corrected chi connectivity index (χ0v) is 25.0. The Morgan fingerprint density at radius 3 is 2.70 bits per heavy atom. The van der Waals surface area contributed by atoms with Crippen LogP contribution in [0, 0.1) is 18.6 Å². The van der Waals surface area contributed by atoms with Crippen LogP contribution in [0.25, 0.3) is 22.3 Å². The third-order valence-electron chi connectivity index (χ3n) is 7.42. The number of aryl methyl sites for hydroxylation is 1. The van der Waals surface area contributed by atoms with Crippen LogP contribution in [-0.4, -0.2) is 45.3 Å². The maximum atomic E-state index is 15.5. The molecule has 1 fully saturated rings. The molecule has 0 amide bonds. The van der Waals surface area contributed by atoms with Crippen LogP contribution in [0.5, 0.6) is 5.88 Å². The molecule has 2 aromatic carbocycles. The predicted molar refractivity (Wildman–Crippen MR) is 159 cm³/mol. The van der Waals surface area contributed by atoms with E-state index in [1.807, 2.05) is 17.6 Å². The van der Waals surface area contributed by atoms with Crippen LogP contribution in [0.15, 0.2) is 65.3 Å². The van der Waals surface area contributed by atoms with Crippen molar-refractivity contribution >= 4 is 32.9 Å². The molecule has 3 aromatic heterocycles. The second-order valence-electron chi connectivity index (χ2n) is 10.3. The van der Waals surface area contributed by atoms with Gasteiger partial charge in [-0.1, -0.05) is 6.07 Å². The van der Waals surface area contributed by atoms with Crippen molar-refractivity contribution in [3.05, 3.63) is 105 Å². The number of hydrogen-bond acceptors (Lipinski definition) is 7. The lowest BCUT2D eigenvalue weighted by Crippen LogP contribution is -2.31. The molecule has 5 aromatic rings. The number of methoxy groups -OCH3 is 1. The van der Waals surface area contributed by atoms with Gasteiger partial charge in [-0.05, 0) is 82.9 Å². The minimum Gasteiger partial charge on any atom is -0.471 e. The number of fused-ring (bicyclic) bond motifs is 1. The fourth-order valence-electron chi connectivity index (χ4n) is 4.99. The van der Waals surface area contributed by atoms with Gasteiger partial charge in [-0.15, -0.1) is 0 Å². The number of ether oxygens (including phenoxy) is 3. The van der Waals surface area contributed by atoms with Crippen LogP contribution in [0.4, 0.5) is 8.78 Å². The van der Waals surface area contributed by atoms with Gasteiger partial charge in [0.2, 0.25) is 5.88 Å². The van der Waals surface area contributed by atoms with Crippen molar-refractivity contribution in [1.82, 2.24) is 19.5 Å². The van der Waals surface area contributed by atoms with Crippen LogP contribution in [-0.2, 0) is 29.0 Å². The molecule has 0 unspecified atom stereocenters.